The first kappa shape index (κ1) is 27.2. The number of carbonyl (C=O) groups excluding carboxylic acids is 3. The van der Waals surface area contributed by atoms with Crippen molar-refractivity contribution in [2.75, 3.05) is 49.6 Å². The summed E-state index contributed by atoms with van der Waals surface area (Å²) in [6.45, 7) is 9.02. The van der Waals surface area contributed by atoms with E-state index in [1.165, 1.54) is 0 Å². The van der Waals surface area contributed by atoms with E-state index < -0.39 is 17.6 Å². The van der Waals surface area contributed by atoms with Crippen LogP contribution in [0.4, 0.5) is 22.1 Å². The number of pyridine rings is 1. The second-order valence-corrected chi connectivity index (χ2v) is 10.5. The quantitative estimate of drug-likeness (QED) is 0.524. The van der Waals surface area contributed by atoms with Crippen LogP contribution in [0.15, 0.2) is 36.4 Å². The van der Waals surface area contributed by atoms with Gasteiger partial charge in [0.1, 0.15) is 17.2 Å². The number of ether oxygens (including phenoxy) is 2. The third-order valence-corrected chi connectivity index (χ3v) is 6.31. The van der Waals surface area contributed by atoms with E-state index in [-0.39, 0.29) is 17.5 Å². The van der Waals surface area contributed by atoms with E-state index in [9.17, 15) is 14.4 Å². The summed E-state index contributed by atoms with van der Waals surface area (Å²) in [4.78, 5) is 45.6. The number of benzene rings is 1. The Kier molecular flexibility index (Phi) is 8.35. The first-order valence-electron chi connectivity index (χ1n) is 12.9. The highest BCUT2D eigenvalue weighted by Crippen LogP contribution is 2.25. The molecule has 204 valence electrons. The fourth-order valence-corrected chi connectivity index (χ4v) is 4.48. The molecule has 2 aliphatic heterocycles. The van der Waals surface area contributed by atoms with Crippen molar-refractivity contribution in [3.8, 4) is 0 Å². The molecule has 38 heavy (non-hydrogen) atoms. The van der Waals surface area contributed by atoms with Gasteiger partial charge in [0.2, 0.25) is 0 Å². The molecule has 1 atom stereocenters. The molecule has 0 spiro atoms. The summed E-state index contributed by atoms with van der Waals surface area (Å²) in [5.41, 5.74) is 6.54. The van der Waals surface area contributed by atoms with Crippen LogP contribution in [0, 0.1) is 0 Å². The number of nitrogens with two attached hydrogens (primary N) is 1. The predicted octanol–water partition coefficient (Wildman–Crippen LogP) is 2.89. The number of alkyl carbamates (subject to hydrolysis) is 1. The second kappa shape index (κ2) is 11.7. The summed E-state index contributed by atoms with van der Waals surface area (Å²) in [5, 5.41) is 6.11. The van der Waals surface area contributed by atoms with Crippen molar-refractivity contribution in [1.29, 1.82) is 0 Å². The maximum absolute atomic E-state index is 12.7. The largest absolute Gasteiger partial charge is 0.444 e. The van der Waals surface area contributed by atoms with Crippen molar-refractivity contribution < 1.29 is 23.9 Å². The van der Waals surface area contributed by atoms with Crippen molar-refractivity contribution in [3.05, 3.63) is 47.5 Å². The number of primary amides is 1. The van der Waals surface area contributed by atoms with Crippen molar-refractivity contribution in [2.45, 2.75) is 45.3 Å². The maximum Gasteiger partial charge on any atom is 0.407 e. The van der Waals surface area contributed by atoms with Gasteiger partial charge in [0.05, 0.1) is 18.8 Å². The minimum Gasteiger partial charge on any atom is -0.444 e. The van der Waals surface area contributed by atoms with Crippen LogP contribution in [0.3, 0.4) is 0 Å². The van der Waals surface area contributed by atoms with Gasteiger partial charge in [0, 0.05) is 43.5 Å². The zero-order chi connectivity index (χ0) is 27.3. The van der Waals surface area contributed by atoms with Crippen LogP contribution >= 0.6 is 0 Å². The van der Waals surface area contributed by atoms with Gasteiger partial charge in [-0.3, -0.25) is 9.59 Å². The van der Waals surface area contributed by atoms with Gasteiger partial charge in [-0.05, 0) is 70.0 Å². The number of nitrogens with one attached hydrogen (secondary N) is 2. The SMILES string of the molecule is CC(C)(C)OC(=O)NC1CCCN(c2ccc(C(N)=O)c(Nc3ccc(C(=O)N4CCOCC4)cc3)n2)C1. The van der Waals surface area contributed by atoms with E-state index in [0.29, 0.717) is 55.7 Å². The van der Waals surface area contributed by atoms with Gasteiger partial charge in [0.25, 0.3) is 11.8 Å². The molecule has 1 aromatic carbocycles. The summed E-state index contributed by atoms with van der Waals surface area (Å²) in [7, 11) is 0. The molecule has 4 rings (SSSR count). The molecule has 3 amide bonds. The monoisotopic (exact) mass is 524 g/mol. The average molecular weight is 525 g/mol. The Morgan fingerprint density at radius 1 is 1.05 bits per heavy atom. The van der Waals surface area contributed by atoms with Gasteiger partial charge in [-0.15, -0.1) is 0 Å². The molecule has 2 fully saturated rings. The molecule has 2 aliphatic rings. The minimum absolute atomic E-state index is 0.0440. The fourth-order valence-electron chi connectivity index (χ4n) is 4.48. The molecule has 1 unspecified atom stereocenters. The number of nitrogens with zero attached hydrogens (tertiary/aromatic N) is 3. The Bertz CT molecular complexity index is 1160. The lowest BCUT2D eigenvalue weighted by molar-refractivity contribution is 0.0303. The van der Waals surface area contributed by atoms with Gasteiger partial charge < -0.3 is 35.6 Å². The molecule has 2 aromatic rings. The van der Waals surface area contributed by atoms with Crippen molar-refractivity contribution in [1.82, 2.24) is 15.2 Å². The summed E-state index contributed by atoms with van der Waals surface area (Å²) < 4.78 is 10.7. The van der Waals surface area contributed by atoms with E-state index in [0.717, 1.165) is 19.4 Å². The number of anilines is 3. The molecular weight excluding hydrogens is 488 g/mol. The van der Waals surface area contributed by atoms with E-state index >= 15 is 0 Å². The summed E-state index contributed by atoms with van der Waals surface area (Å²) >= 11 is 0. The lowest BCUT2D eigenvalue weighted by Gasteiger charge is -2.34. The fraction of sp³-hybridized carbons (Fsp3) is 0.481. The number of carbonyl (C=O) groups is 3. The van der Waals surface area contributed by atoms with E-state index in [2.05, 4.69) is 15.5 Å². The minimum atomic E-state index is -0.603. The van der Waals surface area contributed by atoms with Crippen LogP contribution in [0.25, 0.3) is 0 Å². The van der Waals surface area contributed by atoms with Gasteiger partial charge in [-0.25, -0.2) is 9.78 Å². The Balaban J connectivity index is 1.46. The molecule has 2 saturated heterocycles. The smallest absolute Gasteiger partial charge is 0.407 e. The van der Waals surface area contributed by atoms with Gasteiger partial charge in [-0.2, -0.15) is 0 Å². The van der Waals surface area contributed by atoms with Gasteiger partial charge >= 0.3 is 6.09 Å². The number of morpholine rings is 1. The van der Waals surface area contributed by atoms with Crippen LogP contribution in [-0.2, 0) is 9.47 Å². The Morgan fingerprint density at radius 3 is 2.42 bits per heavy atom. The van der Waals surface area contributed by atoms with E-state index in [1.54, 1.807) is 41.3 Å². The normalized spacial score (nSPS) is 18.0. The van der Waals surface area contributed by atoms with Crippen LogP contribution in [-0.4, -0.2) is 78.8 Å². The van der Waals surface area contributed by atoms with Gasteiger partial charge in [0.15, 0.2) is 0 Å². The molecular formula is C27H36N6O5. The number of rotatable bonds is 6. The van der Waals surface area contributed by atoms with Crippen molar-refractivity contribution in [2.24, 2.45) is 5.73 Å². The van der Waals surface area contributed by atoms with Crippen LogP contribution in [0.1, 0.15) is 54.3 Å². The zero-order valence-electron chi connectivity index (χ0n) is 22.2. The van der Waals surface area contributed by atoms with Crippen LogP contribution < -0.4 is 21.3 Å². The zero-order valence-corrected chi connectivity index (χ0v) is 22.2. The highest BCUT2D eigenvalue weighted by molar-refractivity contribution is 5.99. The van der Waals surface area contributed by atoms with E-state index in [1.807, 2.05) is 20.8 Å². The molecule has 1 aromatic heterocycles. The third kappa shape index (κ3) is 7.12. The average Bonchev–Trinajstić information content (AvgIpc) is 2.88. The molecule has 0 saturated carbocycles. The highest BCUT2D eigenvalue weighted by atomic mass is 16.6. The lowest BCUT2D eigenvalue weighted by atomic mass is 10.1. The summed E-state index contributed by atoms with van der Waals surface area (Å²) in [5.74, 6) is 0.336. The number of amides is 3. The number of aromatic nitrogens is 1. The Morgan fingerprint density at radius 2 is 1.76 bits per heavy atom. The number of hydrogen-bond acceptors (Lipinski definition) is 8. The number of piperidine rings is 1. The third-order valence-electron chi connectivity index (χ3n) is 6.31. The standard InChI is InChI=1S/C27H36N6O5/c1-27(2,3)38-26(36)30-20-5-4-12-33(17-20)22-11-10-21(23(28)34)24(31-22)29-19-8-6-18(7-9-19)25(35)32-13-15-37-16-14-32/h6-11,20H,4-5,12-17H2,1-3H3,(H2,28,34)(H,29,31)(H,30,36). The van der Waals surface area contributed by atoms with Crippen LogP contribution in [0.5, 0.6) is 0 Å². The molecule has 0 aliphatic carbocycles. The molecule has 0 radical (unpaired) electrons. The second-order valence-electron chi connectivity index (χ2n) is 10.5. The first-order chi connectivity index (χ1) is 18.1. The van der Waals surface area contributed by atoms with Crippen LogP contribution in [0.2, 0.25) is 0 Å². The maximum atomic E-state index is 12.7. The highest BCUT2D eigenvalue weighted by Gasteiger charge is 2.26. The number of hydrogen-bond donors (Lipinski definition) is 3. The molecule has 3 heterocycles. The topological polar surface area (TPSA) is 139 Å². The first-order valence-corrected chi connectivity index (χ1v) is 12.9. The molecule has 11 nitrogen and oxygen atoms in total. The molecule has 0 bridgehead atoms. The molecule has 4 N–H and O–H groups in total. The van der Waals surface area contributed by atoms with Gasteiger partial charge in [-0.1, -0.05) is 0 Å². The summed E-state index contributed by atoms with van der Waals surface area (Å²) in [6, 6.07) is 10.3. The summed E-state index contributed by atoms with van der Waals surface area (Å²) in [6.07, 6.45) is 1.25. The Hall–Kier alpha value is -3.86. The van der Waals surface area contributed by atoms with Crippen molar-refractivity contribution in [3.63, 3.8) is 0 Å². The van der Waals surface area contributed by atoms with E-state index in [4.69, 9.17) is 20.2 Å². The molecule has 11 heteroatoms. The predicted molar refractivity (Wildman–Crippen MR) is 144 cm³/mol. The Labute approximate surface area is 222 Å². The van der Waals surface area contributed by atoms with Crippen molar-refractivity contribution >= 4 is 35.2 Å². The lowest BCUT2D eigenvalue weighted by Crippen LogP contribution is -2.49.